The summed E-state index contributed by atoms with van der Waals surface area (Å²) in [6.07, 6.45) is 7.90. The Labute approximate surface area is 272 Å². The van der Waals surface area contributed by atoms with E-state index in [0.29, 0.717) is 37.2 Å². The van der Waals surface area contributed by atoms with Crippen molar-refractivity contribution in [2.24, 2.45) is 0 Å². The Kier molecular flexibility index (Phi) is 11.1. The van der Waals surface area contributed by atoms with E-state index in [1.807, 2.05) is 78.9 Å². The van der Waals surface area contributed by atoms with Crippen molar-refractivity contribution in [3.63, 3.8) is 0 Å². The van der Waals surface area contributed by atoms with Crippen LogP contribution in [0, 0.1) is 0 Å². The number of aromatic nitrogens is 4. The highest BCUT2D eigenvalue weighted by molar-refractivity contribution is 5.91. The van der Waals surface area contributed by atoms with E-state index in [-0.39, 0.29) is 5.97 Å². The molecule has 0 aliphatic rings. The molecule has 0 saturated carbocycles. The fourth-order valence-electron chi connectivity index (χ4n) is 4.97. The zero-order chi connectivity index (χ0) is 32.8. The molecule has 238 valence electrons. The first kappa shape index (κ1) is 32.2. The van der Waals surface area contributed by atoms with Gasteiger partial charge >= 0.3 is 11.9 Å². The number of H-pyrrole nitrogens is 2. The lowest BCUT2D eigenvalue weighted by atomic mass is 10.1. The van der Waals surface area contributed by atoms with Crippen molar-refractivity contribution in [2.45, 2.75) is 12.8 Å². The quantitative estimate of drug-likeness (QED) is 0.124. The van der Waals surface area contributed by atoms with Crippen LogP contribution in [0.15, 0.2) is 122 Å². The molecule has 6 aromatic rings. The van der Waals surface area contributed by atoms with E-state index in [2.05, 4.69) is 19.9 Å². The molecule has 0 fully saturated rings. The molecule has 47 heavy (non-hydrogen) atoms. The van der Waals surface area contributed by atoms with Gasteiger partial charge in [0.05, 0.1) is 67.9 Å². The van der Waals surface area contributed by atoms with Gasteiger partial charge in [0, 0.05) is 24.0 Å². The Bertz CT molecular complexity index is 1890. The first-order chi connectivity index (χ1) is 23.0. The predicted molar refractivity (Wildman–Crippen MR) is 178 cm³/mol. The lowest BCUT2D eigenvalue weighted by molar-refractivity contribution is 0.0598. The van der Waals surface area contributed by atoms with Crippen LogP contribution in [0.4, 0.5) is 0 Å². The summed E-state index contributed by atoms with van der Waals surface area (Å²) in [4.78, 5) is 37.2. The smallest absolute Gasteiger partial charge is 0.338 e. The summed E-state index contributed by atoms with van der Waals surface area (Å²) in [5, 5.41) is 9.20. The van der Waals surface area contributed by atoms with Gasteiger partial charge < -0.3 is 29.3 Å². The average molecular weight is 631 g/mol. The van der Waals surface area contributed by atoms with Gasteiger partial charge in [-0.2, -0.15) is 0 Å². The Morgan fingerprint density at radius 1 is 0.638 bits per heavy atom. The number of methoxy groups -OCH3 is 1. The van der Waals surface area contributed by atoms with E-state index in [0.717, 1.165) is 45.1 Å². The molecule has 2 heterocycles. The molecule has 3 N–H and O–H groups in total. The molecule has 0 amide bonds. The maximum absolute atomic E-state index is 11.8. The molecule has 0 aliphatic heterocycles. The monoisotopic (exact) mass is 630 g/mol. The highest BCUT2D eigenvalue weighted by atomic mass is 16.5. The number of hydrogen-bond acceptors (Lipinski definition) is 7. The van der Waals surface area contributed by atoms with Crippen molar-refractivity contribution in [2.75, 3.05) is 20.3 Å². The fourth-order valence-corrected chi connectivity index (χ4v) is 4.97. The molecule has 4 aromatic carbocycles. The van der Waals surface area contributed by atoms with Gasteiger partial charge in [-0.1, -0.05) is 60.7 Å². The molecule has 10 heteroatoms. The highest BCUT2D eigenvalue weighted by Gasteiger charge is 2.13. The Morgan fingerprint density at radius 2 is 1.09 bits per heavy atom. The summed E-state index contributed by atoms with van der Waals surface area (Å²) in [5.74, 6) is 0.267. The van der Waals surface area contributed by atoms with Crippen LogP contribution in [0.3, 0.4) is 0 Å². The molecule has 0 unspecified atom stereocenters. The van der Waals surface area contributed by atoms with E-state index in [9.17, 15) is 14.7 Å². The van der Waals surface area contributed by atoms with Gasteiger partial charge in [-0.25, -0.2) is 19.6 Å². The van der Waals surface area contributed by atoms with Crippen LogP contribution >= 0.6 is 0 Å². The molecule has 6 rings (SSSR count). The summed E-state index contributed by atoms with van der Waals surface area (Å²) < 4.78 is 16.6. The molecule has 0 radical (unpaired) electrons. The Balaban J connectivity index is 0.000000185. The van der Waals surface area contributed by atoms with Crippen molar-refractivity contribution in [1.29, 1.82) is 0 Å². The highest BCUT2D eigenvalue weighted by Crippen LogP contribution is 2.29. The van der Waals surface area contributed by atoms with Gasteiger partial charge in [0.1, 0.15) is 11.5 Å². The number of aromatic carboxylic acids is 1. The van der Waals surface area contributed by atoms with E-state index in [1.165, 1.54) is 7.11 Å². The third kappa shape index (κ3) is 8.52. The summed E-state index contributed by atoms with van der Waals surface area (Å²) >= 11 is 0. The van der Waals surface area contributed by atoms with Crippen molar-refractivity contribution in [3.05, 3.63) is 144 Å². The van der Waals surface area contributed by atoms with Gasteiger partial charge in [-0.3, -0.25) is 0 Å². The van der Waals surface area contributed by atoms with E-state index in [4.69, 9.17) is 14.2 Å². The van der Waals surface area contributed by atoms with Crippen LogP contribution < -0.4 is 9.47 Å². The maximum atomic E-state index is 11.8. The summed E-state index contributed by atoms with van der Waals surface area (Å²) in [6.45, 7) is 0.856. The molecule has 0 bridgehead atoms. The van der Waals surface area contributed by atoms with Crippen LogP contribution in [0.2, 0.25) is 0 Å². The fraction of sp³-hybridized carbons (Fsp3) is 0.135. The number of nitrogens with one attached hydrogen (secondary N) is 2. The number of nitrogens with zero attached hydrogens (tertiary/aromatic N) is 2. The second-order valence-electron chi connectivity index (χ2n) is 10.2. The van der Waals surface area contributed by atoms with E-state index in [1.54, 1.807) is 43.2 Å². The Morgan fingerprint density at radius 3 is 1.55 bits per heavy atom. The number of imidazole rings is 2. The third-order valence-corrected chi connectivity index (χ3v) is 7.28. The summed E-state index contributed by atoms with van der Waals surface area (Å²) in [5.41, 5.74) is 6.23. The lowest BCUT2D eigenvalue weighted by Gasteiger charge is -2.12. The molecule has 0 saturated heterocycles. The molecule has 0 aliphatic carbocycles. The number of hydrogen-bond donors (Lipinski definition) is 3. The number of aromatic amines is 2. The third-order valence-electron chi connectivity index (χ3n) is 7.28. The number of rotatable bonds is 12. The number of carboxylic acid groups (broad SMARTS) is 1. The zero-order valence-corrected chi connectivity index (χ0v) is 25.8. The predicted octanol–water partition coefficient (Wildman–Crippen LogP) is 6.88. The number of esters is 1. The topological polar surface area (TPSA) is 139 Å². The Hall–Kier alpha value is -6.16. The SMILES string of the molecule is COC(=O)c1ccccc1CCOc1ccccc1-c1cnc[nH]1.O=C(O)c1ccccc1CCOc1ccccc1-c1cnc[nH]1. The van der Waals surface area contributed by atoms with Gasteiger partial charge in [0.15, 0.2) is 0 Å². The van der Waals surface area contributed by atoms with Gasteiger partial charge in [-0.05, 0) is 47.5 Å². The summed E-state index contributed by atoms with van der Waals surface area (Å²) in [6, 6.07) is 29.8. The first-order valence-corrected chi connectivity index (χ1v) is 14.9. The number of carbonyl (C=O) groups excluding carboxylic acids is 1. The van der Waals surface area contributed by atoms with Crippen LogP contribution in [-0.2, 0) is 17.6 Å². The number of carboxylic acids is 1. The normalized spacial score (nSPS) is 10.4. The summed E-state index contributed by atoms with van der Waals surface area (Å²) in [7, 11) is 1.39. The lowest BCUT2D eigenvalue weighted by Crippen LogP contribution is -2.09. The van der Waals surface area contributed by atoms with Gasteiger partial charge in [0.2, 0.25) is 0 Å². The minimum atomic E-state index is -0.918. The van der Waals surface area contributed by atoms with Crippen molar-refractivity contribution in [1.82, 2.24) is 19.9 Å². The van der Waals surface area contributed by atoms with Crippen LogP contribution in [0.5, 0.6) is 11.5 Å². The van der Waals surface area contributed by atoms with Crippen molar-refractivity contribution >= 4 is 11.9 Å². The minimum Gasteiger partial charge on any atom is -0.493 e. The van der Waals surface area contributed by atoms with Gasteiger partial charge in [-0.15, -0.1) is 0 Å². The van der Waals surface area contributed by atoms with Crippen LogP contribution in [-0.4, -0.2) is 57.3 Å². The zero-order valence-electron chi connectivity index (χ0n) is 25.8. The molecular formula is C37H34N4O6. The van der Waals surface area contributed by atoms with Crippen LogP contribution in [0.1, 0.15) is 31.8 Å². The van der Waals surface area contributed by atoms with E-state index >= 15 is 0 Å². The molecule has 0 spiro atoms. The standard InChI is InChI=1S/C19H18N2O3.C18H16N2O3/c1-23-19(22)15-7-3-2-6-14(15)10-11-24-18-9-5-4-8-16(18)17-12-20-13-21-17;21-18(22)14-6-2-1-5-13(14)9-10-23-17-8-4-3-7-15(17)16-11-19-12-20-16/h2-9,12-13H,10-11H2,1H3,(H,20,21);1-8,11-12H,9-10H2,(H,19,20)(H,21,22). The molecule has 0 atom stereocenters. The van der Waals surface area contributed by atoms with E-state index < -0.39 is 5.97 Å². The first-order valence-electron chi connectivity index (χ1n) is 14.9. The number of carbonyl (C=O) groups is 2. The number of ether oxygens (including phenoxy) is 3. The number of benzene rings is 4. The second kappa shape index (κ2) is 16.2. The second-order valence-corrected chi connectivity index (χ2v) is 10.2. The molecule has 10 nitrogen and oxygen atoms in total. The number of para-hydroxylation sites is 2. The van der Waals surface area contributed by atoms with Crippen molar-refractivity contribution in [3.8, 4) is 34.0 Å². The largest absolute Gasteiger partial charge is 0.493 e. The van der Waals surface area contributed by atoms with Crippen molar-refractivity contribution < 1.29 is 28.9 Å². The minimum absolute atomic E-state index is 0.318. The average Bonchev–Trinajstić information content (AvgIpc) is 3.85. The molecule has 2 aromatic heterocycles. The van der Waals surface area contributed by atoms with Gasteiger partial charge in [0.25, 0.3) is 0 Å². The maximum Gasteiger partial charge on any atom is 0.338 e. The molecular weight excluding hydrogens is 596 g/mol. The van der Waals surface area contributed by atoms with Crippen LogP contribution in [0.25, 0.3) is 22.5 Å².